The maximum Gasteiger partial charge on any atom is 0.0379 e. The molecule has 0 spiro atoms. The lowest BCUT2D eigenvalue weighted by Crippen LogP contribution is -2.25. The number of thioether (sulfide) groups is 1. The van der Waals surface area contributed by atoms with Gasteiger partial charge < -0.3 is 11.1 Å². The molecule has 88 valence electrons. The normalized spacial score (nSPS) is 24.6. The molecule has 3 N–H and O–H groups in total. The summed E-state index contributed by atoms with van der Waals surface area (Å²) < 4.78 is 0. The zero-order chi connectivity index (χ0) is 11.5. The van der Waals surface area contributed by atoms with Crippen LogP contribution in [0.1, 0.15) is 24.8 Å². The molecule has 1 fully saturated rings. The van der Waals surface area contributed by atoms with E-state index in [1.165, 1.54) is 19.3 Å². The van der Waals surface area contributed by atoms with Crippen molar-refractivity contribution in [3.63, 3.8) is 0 Å². The van der Waals surface area contributed by atoms with E-state index in [4.69, 9.17) is 5.73 Å². The highest BCUT2D eigenvalue weighted by Gasteiger charge is 2.26. The van der Waals surface area contributed by atoms with Gasteiger partial charge in [0.15, 0.2) is 0 Å². The first-order chi connectivity index (χ1) is 7.70. The van der Waals surface area contributed by atoms with Gasteiger partial charge in [-0.3, -0.25) is 0 Å². The topological polar surface area (TPSA) is 38.0 Å². The first-order valence-corrected chi connectivity index (χ1v) is 7.15. The third-order valence-corrected chi connectivity index (χ3v) is 4.56. The summed E-state index contributed by atoms with van der Waals surface area (Å²) in [5.74, 6) is 0. The smallest absolute Gasteiger partial charge is 0.0379 e. The molecular weight excluding hydrogens is 216 g/mol. The van der Waals surface area contributed by atoms with E-state index in [0.29, 0.717) is 6.04 Å². The average molecular weight is 236 g/mol. The van der Waals surface area contributed by atoms with Crippen LogP contribution in [0.15, 0.2) is 18.2 Å². The largest absolute Gasteiger partial charge is 0.398 e. The summed E-state index contributed by atoms with van der Waals surface area (Å²) in [6.07, 6.45) is 6.15. The molecule has 1 saturated carbocycles. The Hall–Kier alpha value is -0.830. The van der Waals surface area contributed by atoms with Gasteiger partial charge in [-0.1, -0.05) is 12.5 Å². The molecule has 1 aromatic carbocycles. The Morgan fingerprint density at radius 2 is 2.19 bits per heavy atom. The molecule has 0 heterocycles. The number of nitrogens with two attached hydrogens (primary N) is 1. The van der Waals surface area contributed by atoms with Gasteiger partial charge in [0.05, 0.1) is 0 Å². The second-order valence-electron chi connectivity index (χ2n) is 4.53. The zero-order valence-corrected chi connectivity index (χ0v) is 10.8. The Labute approximate surface area is 102 Å². The van der Waals surface area contributed by atoms with Crippen LogP contribution in [0.4, 0.5) is 11.4 Å². The summed E-state index contributed by atoms with van der Waals surface area (Å²) in [6.45, 7) is 2.04. The van der Waals surface area contributed by atoms with Crippen LogP contribution >= 0.6 is 11.8 Å². The van der Waals surface area contributed by atoms with Crippen LogP contribution < -0.4 is 11.1 Å². The highest BCUT2D eigenvalue weighted by Crippen LogP contribution is 2.31. The van der Waals surface area contributed by atoms with Crippen LogP contribution in [-0.4, -0.2) is 17.5 Å². The van der Waals surface area contributed by atoms with E-state index in [1.54, 1.807) is 0 Å². The maximum atomic E-state index is 5.92. The van der Waals surface area contributed by atoms with Gasteiger partial charge in [-0.25, -0.2) is 0 Å². The highest BCUT2D eigenvalue weighted by atomic mass is 32.2. The predicted octanol–water partition coefficient (Wildman–Crippen LogP) is 3.27. The SMILES string of the molecule is CSC1CCCC1Nc1ccc(C)c(N)c1. The van der Waals surface area contributed by atoms with Crippen molar-refractivity contribution in [1.29, 1.82) is 0 Å². The minimum absolute atomic E-state index is 0.608. The Bertz CT molecular complexity index is 365. The molecule has 1 aliphatic carbocycles. The number of benzene rings is 1. The average Bonchev–Trinajstić information content (AvgIpc) is 2.71. The zero-order valence-electron chi connectivity index (χ0n) is 9.99. The van der Waals surface area contributed by atoms with E-state index < -0.39 is 0 Å². The maximum absolute atomic E-state index is 5.92. The van der Waals surface area contributed by atoms with Gasteiger partial charge in [0.2, 0.25) is 0 Å². The third kappa shape index (κ3) is 2.46. The molecule has 16 heavy (non-hydrogen) atoms. The minimum atomic E-state index is 0.608. The fourth-order valence-corrected chi connectivity index (χ4v) is 3.25. The lowest BCUT2D eigenvalue weighted by atomic mass is 10.1. The summed E-state index contributed by atoms with van der Waals surface area (Å²) in [4.78, 5) is 0. The third-order valence-electron chi connectivity index (χ3n) is 3.39. The van der Waals surface area contributed by atoms with Crippen LogP contribution in [0.2, 0.25) is 0 Å². The van der Waals surface area contributed by atoms with Crippen molar-refractivity contribution in [2.75, 3.05) is 17.3 Å². The monoisotopic (exact) mass is 236 g/mol. The Kier molecular flexibility index (Phi) is 3.64. The molecule has 0 bridgehead atoms. The molecule has 3 heteroatoms. The second-order valence-corrected chi connectivity index (χ2v) is 5.60. The first-order valence-electron chi connectivity index (χ1n) is 5.86. The van der Waals surface area contributed by atoms with Crippen LogP contribution in [0.25, 0.3) is 0 Å². The van der Waals surface area contributed by atoms with Gasteiger partial charge in [-0.2, -0.15) is 11.8 Å². The van der Waals surface area contributed by atoms with Gasteiger partial charge in [-0.05, 0) is 43.7 Å². The van der Waals surface area contributed by atoms with Crippen LogP contribution in [0.3, 0.4) is 0 Å². The molecule has 1 aliphatic rings. The number of nitrogen functional groups attached to an aromatic ring is 1. The number of anilines is 2. The molecular formula is C13H20N2S. The number of hydrogen-bond donors (Lipinski definition) is 2. The quantitative estimate of drug-likeness (QED) is 0.791. The summed E-state index contributed by atoms with van der Waals surface area (Å²) in [6, 6.07) is 6.87. The predicted molar refractivity (Wildman–Crippen MR) is 74.2 cm³/mol. The lowest BCUT2D eigenvalue weighted by molar-refractivity contribution is 0.769. The molecule has 0 radical (unpaired) electrons. The van der Waals surface area contributed by atoms with Crippen LogP contribution in [-0.2, 0) is 0 Å². The second kappa shape index (κ2) is 5.00. The van der Waals surface area contributed by atoms with Crippen LogP contribution in [0.5, 0.6) is 0 Å². The van der Waals surface area contributed by atoms with Crippen LogP contribution in [0, 0.1) is 6.92 Å². The molecule has 2 unspecified atom stereocenters. The Balaban J connectivity index is 2.05. The lowest BCUT2D eigenvalue weighted by Gasteiger charge is -2.20. The molecule has 0 aliphatic heterocycles. The van der Waals surface area contributed by atoms with E-state index >= 15 is 0 Å². The molecule has 2 atom stereocenters. The molecule has 2 nitrogen and oxygen atoms in total. The van der Waals surface area contributed by atoms with Crippen molar-refractivity contribution >= 4 is 23.1 Å². The van der Waals surface area contributed by atoms with E-state index in [-0.39, 0.29) is 0 Å². The number of rotatable bonds is 3. The fraction of sp³-hybridized carbons (Fsp3) is 0.538. The molecule has 2 rings (SSSR count). The summed E-state index contributed by atoms with van der Waals surface area (Å²) in [5, 5.41) is 4.36. The van der Waals surface area contributed by atoms with E-state index in [0.717, 1.165) is 22.2 Å². The van der Waals surface area contributed by atoms with Crippen molar-refractivity contribution in [1.82, 2.24) is 0 Å². The van der Waals surface area contributed by atoms with Crippen molar-refractivity contribution in [3.05, 3.63) is 23.8 Å². The van der Waals surface area contributed by atoms with Crippen molar-refractivity contribution in [2.24, 2.45) is 0 Å². The van der Waals surface area contributed by atoms with E-state index in [2.05, 4.69) is 23.7 Å². The number of hydrogen-bond acceptors (Lipinski definition) is 3. The summed E-state index contributed by atoms with van der Waals surface area (Å²) in [7, 11) is 0. The molecule has 0 aromatic heterocycles. The van der Waals surface area contributed by atoms with Gasteiger partial charge in [0, 0.05) is 22.7 Å². The highest BCUT2D eigenvalue weighted by molar-refractivity contribution is 7.99. The van der Waals surface area contributed by atoms with Gasteiger partial charge in [0.25, 0.3) is 0 Å². The summed E-state index contributed by atoms with van der Waals surface area (Å²) in [5.41, 5.74) is 9.11. The van der Waals surface area contributed by atoms with Crippen molar-refractivity contribution in [3.8, 4) is 0 Å². The standard InChI is InChI=1S/C13H20N2S/c1-9-6-7-10(8-11(9)14)15-12-4-3-5-13(12)16-2/h6-8,12-13,15H,3-5,14H2,1-2H3. The number of nitrogens with one attached hydrogen (secondary N) is 1. The molecule has 0 amide bonds. The molecule has 0 saturated heterocycles. The Morgan fingerprint density at radius 1 is 1.38 bits per heavy atom. The molecule has 1 aromatic rings. The number of aryl methyl sites for hydroxylation is 1. The fourth-order valence-electron chi connectivity index (χ4n) is 2.32. The Morgan fingerprint density at radius 3 is 2.88 bits per heavy atom. The van der Waals surface area contributed by atoms with Gasteiger partial charge in [-0.15, -0.1) is 0 Å². The van der Waals surface area contributed by atoms with E-state index in [1.807, 2.05) is 24.8 Å². The van der Waals surface area contributed by atoms with Gasteiger partial charge >= 0.3 is 0 Å². The first kappa shape index (κ1) is 11.6. The van der Waals surface area contributed by atoms with Crippen molar-refractivity contribution in [2.45, 2.75) is 37.5 Å². The van der Waals surface area contributed by atoms with Crippen molar-refractivity contribution < 1.29 is 0 Å². The minimum Gasteiger partial charge on any atom is -0.398 e. The van der Waals surface area contributed by atoms with Gasteiger partial charge in [0.1, 0.15) is 0 Å². The summed E-state index contributed by atoms with van der Waals surface area (Å²) >= 11 is 1.97. The van der Waals surface area contributed by atoms with E-state index in [9.17, 15) is 0 Å².